The molecule has 0 saturated heterocycles. The first-order valence-electron chi connectivity index (χ1n) is 2.25. The summed E-state index contributed by atoms with van der Waals surface area (Å²) in [6, 6.07) is 0. The van der Waals surface area contributed by atoms with Crippen LogP contribution >= 0.6 is 0 Å². The van der Waals surface area contributed by atoms with Crippen LogP contribution in [0.4, 0.5) is 0 Å². The fourth-order valence-corrected chi connectivity index (χ4v) is 0.136. The zero-order chi connectivity index (χ0) is 6.83. The van der Waals surface area contributed by atoms with Gasteiger partial charge in [-0.25, -0.2) is 0 Å². The van der Waals surface area contributed by atoms with E-state index in [0.717, 1.165) is 6.32 Å². The molecule has 0 bridgehead atoms. The SMILES string of the molecule is O=C[O-].[B][B][B]CC.[Ru+]. The maximum Gasteiger partial charge on any atom is 1.00 e. The first-order chi connectivity index (χ1) is 3.83. The van der Waals surface area contributed by atoms with E-state index < -0.39 is 6.47 Å². The molecule has 0 unspecified atom stereocenters. The average Bonchev–Trinajstić information content (AvgIpc) is 1.71. The van der Waals surface area contributed by atoms with Gasteiger partial charge in [-0.15, -0.1) is 0 Å². The molecule has 2 nitrogen and oxygen atoms in total. The molecule has 6 heteroatoms. The van der Waals surface area contributed by atoms with E-state index in [9.17, 15) is 0 Å². The Morgan fingerprint density at radius 2 is 2.11 bits per heavy atom. The molecule has 9 heavy (non-hydrogen) atoms. The van der Waals surface area contributed by atoms with E-state index in [0.29, 0.717) is 0 Å². The fraction of sp³-hybridized carbons (Fsp3) is 0.667. The Morgan fingerprint density at radius 1 is 1.78 bits per heavy atom. The average molecular weight is 208 g/mol. The third kappa shape index (κ3) is 62.6. The van der Waals surface area contributed by atoms with E-state index >= 15 is 0 Å². The summed E-state index contributed by atoms with van der Waals surface area (Å²) >= 11 is 0. The van der Waals surface area contributed by atoms with E-state index in [-0.39, 0.29) is 19.5 Å². The topological polar surface area (TPSA) is 40.1 Å². The molecule has 0 aliphatic heterocycles. The molecule has 0 atom stereocenters. The van der Waals surface area contributed by atoms with Crippen LogP contribution in [-0.4, -0.2) is 28.4 Å². The molecule has 0 heterocycles. The van der Waals surface area contributed by atoms with E-state index in [1.165, 1.54) is 0 Å². The van der Waals surface area contributed by atoms with Crippen LogP contribution in [0.5, 0.6) is 0 Å². The summed E-state index contributed by atoms with van der Waals surface area (Å²) in [5, 5.41) is 8.25. The number of carbonyl (C=O) groups is 1. The zero-order valence-corrected chi connectivity index (χ0v) is 6.92. The summed E-state index contributed by atoms with van der Waals surface area (Å²) in [6.45, 7) is 1.54. The summed E-state index contributed by atoms with van der Waals surface area (Å²) in [6.07, 6.45) is 1.04. The Bertz CT molecular complexity index is 44.0. The fourth-order valence-electron chi connectivity index (χ4n) is 0.136. The van der Waals surface area contributed by atoms with E-state index in [2.05, 4.69) is 0 Å². The van der Waals surface area contributed by atoms with Gasteiger partial charge in [-0.2, -0.15) is 0 Å². The second-order valence-electron chi connectivity index (χ2n) is 0.933. The van der Waals surface area contributed by atoms with Crippen LogP contribution in [0, 0.1) is 0 Å². The minimum Gasteiger partial charge on any atom is -0.554 e. The van der Waals surface area contributed by atoms with Crippen LogP contribution in [0.25, 0.3) is 0 Å². The molecule has 0 rings (SSSR count). The Kier molecular flexibility index (Phi) is 42.9. The van der Waals surface area contributed by atoms with E-state index in [1.807, 2.05) is 14.1 Å². The number of hydrogen-bond acceptors (Lipinski definition) is 2. The van der Waals surface area contributed by atoms with Gasteiger partial charge in [0.2, 0.25) is 0 Å². The Morgan fingerprint density at radius 3 is 2.11 bits per heavy atom. The van der Waals surface area contributed by atoms with Gasteiger partial charge in [0.15, 0.2) is 0 Å². The van der Waals surface area contributed by atoms with Crippen molar-refractivity contribution in [1.82, 2.24) is 0 Å². The number of carbonyl (C=O) groups excluding carboxylic acids is 1. The number of rotatable bonds is 2. The summed E-state index contributed by atoms with van der Waals surface area (Å²) in [5.41, 5.74) is 0. The molecule has 0 aliphatic rings. The largest absolute Gasteiger partial charge is 1.00 e. The smallest absolute Gasteiger partial charge is 0.554 e. The predicted octanol–water partition coefficient (Wildman–Crippen LogP) is -1.80. The first kappa shape index (κ1) is 16.1. The van der Waals surface area contributed by atoms with Gasteiger partial charge >= 0.3 is 19.5 Å². The normalized spacial score (nSPS) is 5.00. The Labute approximate surface area is 71.4 Å². The van der Waals surface area contributed by atoms with Gasteiger partial charge in [-0.05, 0) is 0 Å². The third-order valence-corrected chi connectivity index (χ3v) is 0.372. The Balaban J connectivity index is -0.0000000800. The summed E-state index contributed by atoms with van der Waals surface area (Å²) in [5.74, 6) is 0. The molecule has 0 fully saturated rings. The minimum atomic E-state index is -0.500. The van der Waals surface area contributed by atoms with Crippen molar-refractivity contribution in [2.75, 3.05) is 0 Å². The van der Waals surface area contributed by atoms with Crippen molar-refractivity contribution in [3.8, 4) is 0 Å². The van der Waals surface area contributed by atoms with Gasteiger partial charge < -0.3 is 9.90 Å². The van der Waals surface area contributed by atoms with Crippen LogP contribution in [-0.2, 0) is 24.3 Å². The summed E-state index contributed by atoms with van der Waals surface area (Å²) in [4.78, 5) is 8.25. The van der Waals surface area contributed by atoms with Crippen LogP contribution in [0.2, 0.25) is 6.32 Å². The molecule has 0 aromatic carbocycles. The standard InChI is InChI=1S/C2H5B3.CH2O2.Ru/c1-2-4-5-3;2-1-3;/h2H2,1H3;1H,(H,2,3);/q;;+1/p-1. The van der Waals surface area contributed by atoms with Gasteiger partial charge in [0.1, 0.15) is 0 Å². The molecule has 0 spiro atoms. The molecule has 47 valence electrons. The predicted molar refractivity (Wildman–Crippen MR) is 33.8 cm³/mol. The molecule has 5 radical (unpaired) electrons. The van der Waals surface area contributed by atoms with Gasteiger partial charge in [0.25, 0.3) is 0 Å². The van der Waals surface area contributed by atoms with Crippen LogP contribution in [0.1, 0.15) is 6.92 Å². The molecule has 0 aromatic rings. The van der Waals surface area contributed by atoms with Crippen molar-refractivity contribution >= 4 is 28.4 Å². The molecule has 0 saturated carbocycles. The van der Waals surface area contributed by atoms with Gasteiger partial charge in [0, 0.05) is 21.3 Å². The first-order valence-corrected chi connectivity index (χ1v) is 2.25. The number of hydrogen-bond donors (Lipinski definition) is 0. The zero-order valence-electron chi connectivity index (χ0n) is 5.19. The summed E-state index contributed by atoms with van der Waals surface area (Å²) < 4.78 is 0. The maximum atomic E-state index is 8.25. The Hall–Kier alpha value is 0.288. The maximum absolute atomic E-state index is 8.25. The van der Waals surface area contributed by atoms with Crippen molar-refractivity contribution in [2.45, 2.75) is 13.2 Å². The van der Waals surface area contributed by atoms with Crippen LogP contribution in [0.15, 0.2) is 0 Å². The number of carboxylic acid groups (broad SMARTS) is 1. The molecular weight excluding hydrogens is 202 g/mol. The van der Waals surface area contributed by atoms with Crippen LogP contribution < -0.4 is 5.11 Å². The van der Waals surface area contributed by atoms with Crippen molar-refractivity contribution in [1.29, 1.82) is 0 Å². The molecule has 0 aliphatic carbocycles. The van der Waals surface area contributed by atoms with E-state index in [4.69, 9.17) is 17.6 Å². The monoisotopic (exact) mass is 209 g/mol. The van der Waals surface area contributed by atoms with Crippen molar-refractivity contribution in [3.05, 3.63) is 0 Å². The minimum absolute atomic E-state index is 0. The van der Waals surface area contributed by atoms with Crippen molar-refractivity contribution in [2.24, 2.45) is 0 Å². The quantitative estimate of drug-likeness (QED) is 0.396. The van der Waals surface area contributed by atoms with E-state index in [1.54, 1.807) is 7.06 Å². The summed E-state index contributed by atoms with van der Waals surface area (Å²) in [7, 11) is 8.42. The van der Waals surface area contributed by atoms with Gasteiger partial charge in [0.05, 0.1) is 7.17 Å². The molecule has 0 N–H and O–H groups in total. The van der Waals surface area contributed by atoms with Gasteiger partial charge in [-0.3, -0.25) is 0 Å². The second-order valence-corrected chi connectivity index (χ2v) is 0.933. The molecule has 0 amide bonds. The van der Waals surface area contributed by atoms with Gasteiger partial charge in [-0.1, -0.05) is 13.2 Å². The van der Waals surface area contributed by atoms with Crippen LogP contribution in [0.3, 0.4) is 0 Å². The molecule has 0 aromatic heterocycles. The second kappa shape index (κ2) is 23.9. The van der Waals surface area contributed by atoms with Crippen molar-refractivity contribution in [3.63, 3.8) is 0 Å². The van der Waals surface area contributed by atoms with Crippen molar-refractivity contribution < 1.29 is 29.4 Å². The molecular formula is C3H6B3O2Ru. The third-order valence-electron chi connectivity index (χ3n) is 0.372.